The summed E-state index contributed by atoms with van der Waals surface area (Å²) in [6, 6.07) is 9.81. The van der Waals surface area contributed by atoms with Crippen LogP contribution in [0.5, 0.6) is 0 Å². The van der Waals surface area contributed by atoms with E-state index in [1.165, 1.54) is 12.8 Å². The second-order valence-electron chi connectivity index (χ2n) is 5.21. The summed E-state index contributed by atoms with van der Waals surface area (Å²) >= 11 is 0. The van der Waals surface area contributed by atoms with Crippen LogP contribution in [0.25, 0.3) is 0 Å². The van der Waals surface area contributed by atoms with E-state index in [0.717, 1.165) is 18.4 Å². The molecule has 0 N–H and O–H groups in total. The van der Waals surface area contributed by atoms with Gasteiger partial charge >= 0.3 is 5.97 Å². The van der Waals surface area contributed by atoms with E-state index in [2.05, 4.69) is 6.92 Å². The monoisotopic (exact) mass is 262 g/mol. The third kappa shape index (κ3) is 3.35. The zero-order chi connectivity index (χ0) is 13.7. The lowest BCUT2D eigenvalue weighted by molar-refractivity contribution is -0.149. The molecule has 1 aliphatic rings. The molecule has 3 heteroatoms. The van der Waals surface area contributed by atoms with E-state index in [-0.39, 0.29) is 12.1 Å². The van der Waals surface area contributed by atoms with Gasteiger partial charge in [0, 0.05) is 0 Å². The Balaban J connectivity index is 1.78. The number of esters is 1. The number of benzene rings is 1. The summed E-state index contributed by atoms with van der Waals surface area (Å²) < 4.78 is 10.9. The van der Waals surface area contributed by atoms with E-state index in [0.29, 0.717) is 6.61 Å². The number of carbonyl (C=O) groups is 1. The molecule has 1 fully saturated rings. The lowest BCUT2D eigenvalue weighted by Crippen LogP contribution is -2.24. The van der Waals surface area contributed by atoms with Gasteiger partial charge < -0.3 is 9.47 Å². The number of carbonyl (C=O) groups excluding carboxylic acids is 1. The molecule has 1 heterocycles. The summed E-state index contributed by atoms with van der Waals surface area (Å²) in [6.07, 6.45) is 4.27. The average molecular weight is 262 g/mol. The largest absolute Gasteiger partial charge is 0.463 e. The summed E-state index contributed by atoms with van der Waals surface area (Å²) in [4.78, 5) is 12.0. The molecule has 19 heavy (non-hydrogen) atoms. The standard InChI is InChI=1S/C16H22O3/c1-3-4-5-9-12-18-15(17)16(2)14(19-16)13-10-7-6-8-11-13/h6-8,10-11,14H,3-5,9,12H2,1-2H3/t14-,16+/m0/s1. The minimum absolute atomic E-state index is 0.156. The van der Waals surface area contributed by atoms with Crippen LogP contribution in [-0.4, -0.2) is 18.2 Å². The Morgan fingerprint density at radius 2 is 2.00 bits per heavy atom. The van der Waals surface area contributed by atoms with Crippen molar-refractivity contribution in [3.05, 3.63) is 35.9 Å². The highest BCUT2D eigenvalue weighted by molar-refractivity contribution is 5.83. The smallest absolute Gasteiger partial charge is 0.341 e. The van der Waals surface area contributed by atoms with Gasteiger partial charge in [0.05, 0.1) is 6.61 Å². The first kappa shape index (κ1) is 14.1. The van der Waals surface area contributed by atoms with E-state index < -0.39 is 5.60 Å². The number of epoxide rings is 1. The van der Waals surface area contributed by atoms with Crippen molar-refractivity contribution >= 4 is 5.97 Å². The molecule has 3 nitrogen and oxygen atoms in total. The highest BCUT2D eigenvalue weighted by Crippen LogP contribution is 2.50. The summed E-state index contributed by atoms with van der Waals surface area (Å²) in [5, 5.41) is 0. The zero-order valence-electron chi connectivity index (χ0n) is 11.7. The highest BCUT2D eigenvalue weighted by Gasteiger charge is 2.60. The fourth-order valence-corrected chi connectivity index (χ4v) is 2.22. The van der Waals surface area contributed by atoms with E-state index in [4.69, 9.17) is 9.47 Å². The Bertz CT molecular complexity index is 415. The zero-order valence-corrected chi connectivity index (χ0v) is 11.7. The quantitative estimate of drug-likeness (QED) is 0.428. The van der Waals surface area contributed by atoms with Gasteiger partial charge in [0.15, 0.2) is 5.60 Å². The molecule has 1 saturated heterocycles. The van der Waals surface area contributed by atoms with Gasteiger partial charge in [-0.2, -0.15) is 0 Å². The van der Waals surface area contributed by atoms with E-state index in [1.807, 2.05) is 30.3 Å². The Labute approximate surface area is 114 Å². The lowest BCUT2D eigenvalue weighted by Gasteiger charge is -2.08. The second-order valence-corrected chi connectivity index (χ2v) is 5.21. The van der Waals surface area contributed by atoms with Crippen molar-refractivity contribution in [2.75, 3.05) is 6.61 Å². The lowest BCUT2D eigenvalue weighted by atomic mass is 10.0. The first-order valence-electron chi connectivity index (χ1n) is 7.08. The Morgan fingerprint density at radius 1 is 1.26 bits per heavy atom. The summed E-state index contributed by atoms with van der Waals surface area (Å²) in [6.45, 7) is 4.47. The van der Waals surface area contributed by atoms with Gasteiger partial charge in [-0.25, -0.2) is 4.79 Å². The fraction of sp³-hybridized carbons (Fsp3) is 0.562. The molecule has 0 aliphatic carbocycles. The second kappa shape index (κ2) is 6.20. The summed E-state index contributed by atoms with van der Waals surface area (Å²) in [7, 11) is 0. The molecular weight excluding hydrogens is 240 g/mol. The molecule has 0 amide bonds. The van der Waals surface area contributed by atoms with Crippen LogP contribution in [0.2, 0.25) is 0 Å². The molecule has 0 saturated carbocycles. The first-order chi connectivity index (χ1) is 9.18. The van der Waals surface area contributed by atoms with E-state index >= 15 is 0 Å². The van der Waals surface area contributed by atoms with Crippen LogP contribution in [-0.2, 0) is 14.3 Å². The van der Waals surface area contributed by atoms with Crippen LogP contribution in [0.1, 0.15) is 51.2 Å². The fourth-order valence-electron chi connectivity index (χ4n) is 2.22. The number of rotatable bonds is 7. The van der Waals surface area contributed by atoms with Gasteiger partial charge in [0.2, 0.25) is 0 Å². The maximum absolute atomic E-state index is 12.0. The first-order valence-corrected chi connectivity index (χ1v) is 7.08. The number of ether oxygens (including phenoxy) is 2. The number of hydrogen-bond acceptors (Lipinski definition) is 3. The molecule has 104 valence electrons. The summed E-state index contributed by atoms with van der Waals surface area (Å²) in [5.41, 5.74) is 0.250. The van der Waals surface area contributed by atoms with Crippen LogP contribution in [0.3, 0.4) is 0 Å². The van der Waals surface area contributed by atoms with E-state index in [1.54, 1.807) is 6.92 Å². The van der Waals surface area contributed by atoms with Crippen molar-refractivity contribution in [1.29, 1.82) is 0 Å². The maximum Gasteiger partial charge on any atom is 0.341 e. The minimum atomic E-state index is -0.786. The number of unbranched alkanes of at least 4 members (excludes halogenated alkanes) is 3. The van der Waals surface area contributed by atoms with Gasteiger partial charge in [-0.3, -0.25) is 0 Å². The van der Waals surface area contributed by atoms with Gasteiger partial charge in [-0.05, 0) is 18.9 Å². The maximum atomic E-state index is 12.0. The van der Waals surface area contributed by atoms with Crippen molar-refractivity contribution in [3.8, 4) is 0 Å². The molecule has 0 bridgehead atoms. The molecular formula is C16H22O3. The predicted octanol–water partition coefficient (Wildman–Crippen LogP) is 3.64. The molecule has 0 spiro atoms. The predicted molar refractivity (Wildman–Crippen MR) is 73.8 cm³/mol. The topological polar surface area (TPSA) is 38.8 Å². The molecule has 2 atom stereocenters. The summed E-state index contributed by atoms with van der Waals surface area (Å²) in [5.74, 6) is -0.238. The number of hydrogen-bond donors (Lipinski definition) is 0. The van der Waals surface area contributed by atoms with Crippen LogP contribution >= 0.6 is 0 Å². The molecule has 1 aromatic carbocycles. The molecule has 1 aromatic rings. The van der Waals surface area contributed by atoms with Gasteiger partial charge in [0.25, 0.3) is 0 Å². The molecule has 2 rings (SSSR count). The Kier molecular flexibility index (Phi) is 4.59. The van der Waals surface area contributed by atoms with Gasteiger partial charge in [-0.15, -0.1) is 0 Å². The average Bonchev–Trinajstić information content (AvgIpc) is 3.13. The van der Waals surface area contributed by atoms with Crippen LogP contribution in [0.15, 0.2) is 30.3 Å². The highest BCUT2D eigenvalue weighted by atomic mass is 16.7. The molecule has 0 unspecified atom stereocenters. The van der Waals surface area contributed by atoms with Crippen molar-refractivity contribution in [1.82, 2.24) is 0 Å². The van der Waals surface area contributed by atoms with Crippen LogP contribution in [0, 0.1) is 0 Å². The Morgan fingerprint density at radius 3 is 2.68 bits per heavy atom. The molecule has 0 aromatic heterocycles. The van der Waals surface area contributed by atoms with Crippen molar-refractivity contribution in [2.45, 2.75) is 51.2 Å². The Hall–Kier alpha value is -1.35. The third-order valence-corrected chi connectivity index (χ3v) is 3.54. The van der Waals surface area contributed by atoms with Gasteiger partial charge in [-0.1, -0.05) is 56.5 Å². The van der Waals surface area contributed by atoms with Crippen LogP contribution < -0.4 is 0 Å². The van der Waals surface area contributed by atoms with Crippen LogP contribution in [0.4, 0.5) is 0 Å². The van der Waals surface area contributed by atoms with E-state index in [9.17, 15) is 4.79 Å². The van der Waals surface area contributed by atoms with Crippen molar-refractivity contribution < 1.29 is 14.3 Å². The SMILES string of the molecule is CCCCCCOC(=O)[C@]1(C)O[C@H]1c1ccccc1. The van der Waals surface area contributed by atoms with Crippen molar-refractivity contribution in [3.63, 3.8) is 0 Å². The van der Waals surface area contributed by atoms with Gasteiger partial charge in [0.1, 0.15) is 6.10 Å². The molecule has 0 radical (unpaired) electrons. The minimum Gasteiger partial charge on any atom is -0.463 e. The van der Waals surface area contributed by atoms with Crippen molar-refractivity contribution in [2.24, 2.45) is 0 Å². The molecule has 1 aliphatic heterocycles. The third-order valence-electron chi connectivity index (χ3n) is 3.54. The normalized spacial score (nSPS) is 25.1.